The van der Waals surface area contributed by atoms with E-state index >= 15 is 0 Å². The highest BCUT2D eigenvalue weighted by atomic mass is 35.5. The van der Waals surface area contributed by atoms with Gasteiger partial charge in [-0.3, -0.25) is 9.91 Å². The molecule has 6 heteroatoms. The van der Waals surface area contributed by atoms with Crippen molar-refractivity contribution < 1.29 is 4.98 Å². The lowest BCUT2D eigenvalue weighted by atomic mass is 10.2. The molecule has 1 aromatic carbocycles. The van der Waals surface area contributed by atoms with Crippen molar-refractivity contribution in [3.05, 3.63) is 58.2 Å². The maximum atomic E-state index is 6.14. The molecule has 1 aliphatic rings. The van der Waals surface area contributed by atoms with E-state index in [1.165, 1.54) is 0 Å². The monoisotopic (exact) mass is 335 g/mol. The van der Waals surface area contributed by atoms with Gasteiger partial charge in [0.05, 0.1) is 35.5 Å². The van der Waals surface area contributed by atoms with Crippen LogP contribution in [0.15, 0.2) is 47.7 Å². The van der Waals surface area contributed by atoms with Crippen LogP contribution in [0.4, 0.5) is 5.82 Å². The lowest BCUT2D eigenvalue weighted by Gasteiger charge is -2.28. The molecule has 0 atom stereocenters. The van der Waals surface area contributed by atoms with E-state index in [0.717, 1.165) is 37.6 Å². The Kier molecular flexibility index (Phi) is 4.80. The summed E-state index contributed by atoms with van der Waals surface area (Å²) in [5, 5.41) is 7.79. The summed E-state index contributed by atoms with van der Waals surface area (Å²) in [6, 6.07) is 11.6. The Hall–Kier alpha value is -1.78. The van der Waals surface area contributed by atoms with Gasteiger partial charge < -0.3 is 0 Å². The number of hydrazone groups is 1. The number of pyridine rings is 1. The fourth-order valence-electron chi connectivity index (χ4n) is 2.41. The molecule has 0 spiro atoms. The van der Waals surface area contributed by atoms with Crippen molar-refractivity contribution in [2.24, 2.45) is 5.10 Å². The van der Waals surface area contributed by atoms with Gasteiger partial charge in [-0.05, 0) is 18.2 Å². The van der Waals surface area contributed by atoms with E-state index in [0.29, 0.717) is 10.0 Å². The molecule has 0 unspecified atom stereocenters. The first kappa shape index (κ1) is 15.1. The van der Waals surface area contributed by atoms with Crippen LogP contribution in [0.3, 0.4) is 0 Å². The molecule has 1 fully saturated rings. The number of aromatic amines is 1. The van der Waals surface area contributed by atoms with E-state index in [1.807, 2.05) is 41.5 Å². The number of benzene rings is 1. The minimum atomic E-state index is 0.619. The van der Waals surface area contributed by atoms with Gasteiger partial charge >= 0.3 is 0 Å². The Balaban J connectivity index is 1.61. The largest absolute Gasteiger partial charge is 0.289 e. The van der Waals surface area contributed by atoms with Crippen molar-refractivity contribution >= 4 is 35.2 Å². The quantitative estimate of drug-likeness (QED) is 0.808. The first-order chi connectivity index (χ1) is 10.7. The molecule has 1 aromatic heterocycles. The standard InChI is InChI=1S/C16H16Cl2N4/c17-14-4-3-5-15(18)13(14)12-20-22-10-8-21(9-11-22)16-6-1-2-7-19-16/h1-7,12H,8-11H2/p+1/b20-12+. The van der Waals surface area contributed by atoms with Crippen LogP contribution in [0.25, 0.3) is 0 Å². The number of anilines is 1. The SMILES string of the molecule is Clc1cccc(Cl)c1/C=N/N1CCN(c2cccc[nH+]2)CC1. The Labute approximate surface area is 140 Å². The second kappa shape index (κ2) is 6.99. The number of hydrogen-bond donors (Lipinski definition) is 0. The Morgan fingerprint density at radius 1 is 0.955 bits per heavy atom. The summed E-state index contributed by atoms with van der Waals surface area (Å²) < 4.78 is 0. The van der Waals surface area contributed by atoms with Crippen molar-refractivity contribution in [2.75, 3.05) is 31.1 Å². The van der Waals surface area contributed by atoms with E-state index in [4.69, 9.17) is 23.2 Å². The molecule has 4 nitrogen and oxygen atoms in total. The highest BCUT2D eigenvalue weighted by molar-refractivity contribution is 6.38. The lowest BCUT2D eigenvalue weighted by molar-refractivity contribution is -0.364. The molecule has 0 saturated carbocycles. The second-order valence-corrected chi connectivity index (χ2v) is 5.88. The molecule has 114 valence electrons. The topological polar surface area (TPSA) is 33.0 Å². The minimum absolute atomic E-state index is 0.619. The number of nitrogens with one attached hydrogen (secondary N) is 1. The molecule has 2 aromatic rings. The van der Waals surface area contributed by atoms with Crippen molar-refractivity contribution in [1.82, 2.24) is 5.01 Å². The summed E-state index contributed by atoms with van der Waals surface area (Å²) in [5.41, 5.74) is 0.768. The number of rotatable bonds is 3. The molecular weight excluding hydrogens is 319 g/mol. The lowest BCUT2D eigenvalue weighted by Crippen LogP contribution is -2.45. The summed E-state index contributed by atoms with van der Waals surface area (Å²) in [7, 11) is 0. The number of nitrogens with zero attached hydrogens (tertiary/aromatic N) is 3. The number of aromatic nitrogens is 1. The average molecular weight is 336 g/mol. The maximum absolute atomic E-state index is 6.14. The Bertz CT molecular complexity index is 632. The first-order valence-electron chi connectivity index (χ1n) is 7.18. The number of H-pyrrole nitrogens is 1. The predicted molar refractivity (Wildman–Crippen MR) is 90.8 cm³/mol. The van der Waals surface area contributed by atoms with Gasteiger partial charge in [0.25, 0.3) is 5.82 Å². The molecule has 0 bridgehead atoms. The molecule has 1 aliphatic heterocycles. The molecule has 0 amide bonds. The molecule has 1 saturated heterocycles. The van der Waals surface area contributed by atoms with Gasteiger partial charge in [-0.1, -0.05) is 35.3 Å². The molecule has 0 aliphatic carbocycles. The average Bonchev–Trinajstić information content (AvgIpc) is 2.56. The molecular formula is C16H17Cl2N4+. The zero-order valence-corrected chi connectivity index (χ0v) is 13.6. The van der Waals surface area contributed by atoms with Crippen molar-refractivity contribution in [2.45, 2.75) is 0 Å². The third kappa shape index (κ3) is 3.51. The minimum Gasteiger partial charge on any atom is -0.289 e. The van der Waals surface area contributed by atoms with Crippen molar-refractivity contribution in [3.8, 4) is 0 Å². The summed E-state index contributed by atoms with van der Waals surface area (Å²) >= 11 is 12.3. The van der Waals surface area contributed by atoms with E-state index < -0.39 is 0 Å². The Morgan fingerprint density at radius 2 is 1.68 bits per heavy atom. The van der Waals surface area contributed by atoms with Crippen LogP contribution in [0.1, 0.15) is 5.56 Å². The maximum Gasteiger partial charge on any atom is 0.274 e. The van der Waals surface area contributed by atoms with Crippen LogP contribution in [0.2, 0.25) is 10.0 Å². The predicted octanol–water partition coefficient (Wildman–Crippen LogP) is 2.96. The van der Waals surface area contributed by atoms with Crippen LogP contribution in [0, 0.1) is 0 Å². The molecule has 3 rings (SSSR count). The zero-order valence-electron chi connectivity index (χ0n) is 12.0. The van der Waals surface area contributed by atoms with Gasteiger partial charge in [-0.2, -0.15) is 5.10 Å². The highest BCUT2D eigenvalue weighted by Gasteiger charge is 2.21. The first-order valence-corrected chi connectivity index (χ1v) is 7.94. The van der Waals surface area contributed by atoms with Crippen molar-refractivity contribution in [1.29, 1.82) is 0 Å². The highest BCUT2D eigenvalue weighted by Crippen LogP contribution is 2.22. The van der Waals surface area contributed by atoms with Crippen LogP contribution >= 0.6 is 23.2 Å². The fraction of sp³-hybridized carbons (Fsp3) is 0.250. The number of halogens is 2. The van der Waals surface area contributed by atoms with Crippen molar-refractivity contribution in [3.63, 3.8) is 0 Å². The number of hydrogen-bond acceptors (Lipinski definition) is 3. The van der Waals surface area contributed by atoms with Gasteiger partial charge in [-0.15, -0.1) is 0 Å². The van der Waals surface area contributed by atoms with Crippen LogP contribution in [-0.4, -0.2) is 37.4 Å². The van der Waals surface area contributed by atoms with Gasteiger partial charge in [0.15, 0.2) is 0 Å². The third-order valence-electron chi connectivity index (χ3n) is 3.64. The molecule has 22 heavy (non-hydrogen) atoms. The normalized spacial score (nSPS) is 15.5. The van der Waals surface area contributed by atoms with Crippen LogP contribution < -0.4 is 9.88 Å². The second-order valence-electron chi connectivity index (χ2n) is 5.07. The summed E-state index contributed by atoms with van der Waals surface area (Å²) in [4.78, 5) is 5.57. The van der Waals surface area contributed by atoms with Gasteiger partial charge in [0.1, 0.15) is 13.1 Å². The molecule has 2 heterocycles. The van der Waals surface area contributed by atoms with Crippen LogP contribution in [-0.2, 0) is 0 Å². The van der Waals surface area contributed by atoms with E-state index in [1.54, 1.807) is 6.21 Å². The molecule has 0 radical (unpaired) electrons. The summed E-state index contributed by atoms with van der Waals surface area (Å²) in [6.45, 7) is 3.57. The van der Waals surface area contributed by atoms with Gasteiger partial charge in [0.2, 0.25) is 0 Å². The molecule has 1 N–H and O–H groups in total. The number of piperazine rings is 1. The zero-order chi connectivity index (χ0) is 15.4. The van der Waals surface area contributed by atoms with Crippen LogP contribution in [0.5, 0.6) is 0 Å². The summed E-state index contributed by atoms with van der Waals surface area (Å²) in [6.07, 6.45) is 3.69. The van der Waals surface area contributed by atoms with E-state index in [2.05, 4.69) is 21.1 Å². The van der Waals surface area contributed by atoms with Gasteiger partial charge in [0, 0.05) is 11.6 Å². The third-order valence-corrected chi connectivity index (χ3v) is 4.30. The fourth-order valence-corrected chi connectivity index (χ4v) is 2.90. The van der Waals surface area contributed by atoms with E-state index in [9.17, 15) is 0 Å². The summed E-state index contributed by atoms with van der Waals surface area (Å²) in [5.74, 6) is 1.14. The smallest absolute Gasteiger partial charge is 0.274 e. The van der Waals surface area contributed by atoms with E-state index in [-0.39, 0.29) is 0 Å². The van der Waals surface area contributed by atoms with Gasteiger partial charge in [-0.25, -0.2) is 4.98 Å². The Morgan fingerprint density at radius 3 is 2.32 bits per heavy atom.